The van der Waals surface area contributed by atoms with E-state index in [1.165, 1.54) is 16.9 Å². The van der Waals surface area contributed by atoms with Crippen molar-refractivity contribution >= 4 is 5.82 Å². The minimum absolute atomic E-state index is 0.0755. The van der Waals surface area contributed by atoms with Crippen molar-refractivity contribution in [3.05, 3.63) is 36.2 Å². The zero-order valence-electron chi connectivity index (χ0n) is 7.94. The molecule has 2 aromatic heterocycles. The van der Waals surface area contributed by atoms with Gasteiger partial charge in [-0.1, -0.05) is 0 Å². The first-order valence-corrected chi connectivity index (χ1v) is 4.31. The van der Waals surface area contributed by atoms with E-state index in [1.807, 2.05) is 0 Å². The zero-order valence-corrected chi connectivity index (χ0v) is 7.94. The van der Waals surface area contributed by atoms with Gasteiger partial charge in [-0.15, -0.1) is 5.10 Å². The Kier molecular flexibility index (Phi) is 2.30. The second kappa shape index (κ2) is 3.51. The largest absolute Gasteiger partial charge is 0.416 e. The van der Waals surface area contributed by atoms with Crippen LogP contribution in [0.3, 0.4) is 0 Å². The third-order valence-electron chi connectivity index (χ3n) is 1.92. The molecule has 84 valence electrons. The summed E-state index contributed by atoms with van der Waals surface area (Å²) in [6.45, 7) is 0. The topological polar surface area (TPSA) is 56.7 Å². The fraction of sp³-hybridized carbons (Fsp3) is 0.111. The lowest BCUT2D eigenvalue weighted by Crippen LogP contribution is -2.07. The molecule has 16 heavy (non-hydrogen) atoms. The Morgan fingerprint density at radius 3 is 2.56 bits per heavy atom. The molecule has 0 aliphatic heterocycles. The average molecular weight is 228 g/mol. The molecule has 0 saturated carbocycles. The number of nitrogens with zero attached hydrogens (tertiary/aromatic N) is 3. The molecule has 0 unspecified atom stereocenters. The van der Waals surface area contributed by atoms with Crippen LogP contribution < -0.4 is 5.73 Å². The molecule has 0 radical (unpaired) electrons. The summed E-state index contributed by atoms with van der Waals surface area (Å²) in [5.74, 6) is 0.297. The highest BCUT2D eigenvalue weighted by atomic mass is 19.4. The molecule has 0 spiro atoms. The first kappa shape index (κ1) is 10.5. The number of nitrogens with two attached hydrogens (primary N) is 1. The highest BCUT2D eigenvalue weighted by molar-refractivity contribution is 5.32. The van der Waals surface area contributed by atoms with E-state index in [4.69, 9.17) is 5.73 Å². The van der Waals surface area contributed by atoms with Crippen LogP contribution in [-0.2, 0) is 6.18 Å². The first-order valence-electron chi connectivity index (χ1n) is 4.31. The minimum Gasteiger partial charge on any atom is -0.382 e. The summed E-state index contributed by atoms with van der Waals surface area (Å²) in [5, 5.41) is 3.77. The Bertz CT molecular complexity index is 503. The average Bonchev–Trinajstić information content (AvgIpc) is 2.64. The quantitative estimate of drug-likeness (QED) is 0.810. The van der Waals surface area contributed by atoms with Gasteiger partial charge in [-0.25, -0.2) is 9.67 Å². The predicted molar refractivity (Wildman–Crippen MR) is 50.8 cm³/mol. The van der Waals surface area contributed by atoms with Crippen molar-refractivity contribution in [3.63, 3.8) is 0 Å². The number of anilines is 1. The molecule has 4 nitrogen and oxygen atoms in total. The summed E-state index contributed by atoms with van der Waals surface area (Å²) in [4.78, 5) is 3.78. The summed E-state index contributed by atoms with van der Waals surface area (Å²) in [7, 11) is 0. The van der Waals surface area contributed by atoms with E-state index in [2.05, 4.69) is 10.1 Å². The molecule has 7 heteroatoms. The van der Waals surface area contributed by atoms with E-state index in [0.717, 1.165) is 18.3 Å². The van der Waals surface area contributed by atoms with E-state index in [0.29, 0.717) is 0 Å². The molecule has 2 N–H and O–H groups in total. The van der Waals surface area contributed by atoms with Crippen molar-refractivity contribution in [1.82, 2.24) is 14.8 Å². The van der Waals surface area contributed by atoms with Gasteiger partial charge in [0, 0.05) is 18.5 Å². The molecule has 0 aliphatic rings. The second-order valence-electron chi connectivity index (χ2n) is 3.09. The Morgan fingerprint density at radius 1 is 1.25 bits per heavy atom. The lowest BCUT2D eigenvalue weighted by Gasteiger charge is -2.07. The predicted octanol–water partition coefficient (Wildman–Crippen LogP) is 1.87. The van der Waals surface area contributed by atoms with Gasteiger partial charge in [-0.05, 0) is 12.1 Å². The maximum atomic E-state index is 12.4. The molecule has 0 fully saturated rings. The lowest BCUT2D eigenvalue weighted by atomic mass is 10.2. The molecule has 2 rings (SSSR count). The summed E-state index contributed by atoms with van der Waals surface area (Å²) < 4.78 is 38.4. The molecule has 2 heterocycles. The molecule has 0 bridgehead atoms. The molecular formula is C9H7F3N4. The van der Waals surface area contributed by atoms with E-state index in [-0.39, 0.29) is 11.6 Å². The monoisotopic (exact) mass is 228 g/mol. The lowest BCUT2D eigenvalue weighted by molar-refractivity contribution is -0.137. The highest BCUT2D eigenvalue weighted by Gasteiger charge is 2.30. The number of rotatable bonds is 1. The van der Waals surface area contributed by atoms with Crippen LogP contribution in [0.25, 0.3) is 5.82 Å². The van der Waals surface area contributed by atoms with Crippen LogP contribution in [0.15, 0.2) is 30.6 Å². The van der Waals surface area contributed by atoms with E-state index in [9.17, 15) is 13.2 Å². The van der Waals surface area contributed by atoms with E-state index in [1.54, 1.807) is 0 Å². The smallest absolute Gasteiger partial charge is 0.382 e. The zero-order chi connectivity index (χ0) is 11.8. The molecule has 0 aliphatic carbocycles. The SMILES string of the molecule is Nc1ccn(-c2cc(C(F)(F)F)ccn2)n1. The standard InChI is InChI=1S/C9H7F3N4/c10-9(11,12)6-1-3-14-8(5-6)16-4-2-7(13)15-16/h1-5H,(H2,13,15). The van der Waals surface area contributed by atoms with Crippen molar-refractivity contribution in [2.24, 2.45) is 0 Å². The Balaban J connectivity index is 2.44. The number of halogens is 3. The van der Waals surface area contributed by atoms with Crippen LogP contribution in [0, 0.1) is 0 Å². The third kappa shape index (κ3) is 1.97. The van der Waals surface area contributed by atoms with Gasteiger partial charge in [0.1, 0.15) is 5.82 Å². The van der Waals surface area contributed by atoms with Crippen molar-refractivity contribution in [3.8, 4) is 5.82 Å². The summed E-state index contributed by atoms with van der Waals surface area (Å²) >= 11 is 0. The number of pyridine rings is 1. The number of aromatic nitrogens is 3. The van der Waals surface area contributed by atoms with Crippen LogP contribution in [0.2, 0.25) is 0 Å². The number of alkyl halides is 3. The summed E-state index contributed by atoms with van der Waals surface area (Å²) in [6.07, 6.45) is -1.87. The Morgan fingerprint density at radius 2 is 2.00 bits per heavy atom. The van der Waals surface area contributed by atoms with Crippen molar-refractivity contribution in [2.45, 2.75) is 6.18 Å². The highest BCUT2D eigenvalue weighted by Crippen LogP contribution is 2.29. The van der Waals surface area contributed by atoms with Gasteiger partial charge >= 0.3 is 6.18 Å². The third-order valence-corrected chi connectivity index (χ3v) is 1.92. The maximum absolute atomic E-state index is 12.4. The van der Waals surface area contributed by atoms with Crippen LogP contribution in [0.5, 0.6) is 0 Å². The van der Waals surface area contributed by atoms with Crippen molar-refractivity contribution < 1.29 is 13.2 Å². The first-order chi connectivity index (χ1) is 7.47. The van der Waals surface area contributed by atoms with Gasteiger partial charge in [0.05, 0.1) is 5.56 Å². The van der Waals surface area contributed by atoms with Gasteiger partial charge in [0.15, 0.2) is 5.82 Å². The Labute approximate surface area is 88.5 Å². The normalized spacial score (nSPS) is 11.7. The second-order valence-corrected chi connectivity index (χ2v) is 3.09. The van der Waals surface area contributed by atoms with Crippen molar-refractivity contribution in [2.75, 3.05) is 5.73 Å². The number of hydrogen-bond acceptors (Lipinski definition) is 3. The van der Waals surface area contributed by atoms with E-state index >= 15 is 0 Å². The molecule has 0 saturated heterocycles. The van der Waals surface area contributed by atoms with Crippen LogP contribution >= 0.6 is 0 Å². The molecular weight excluding hydrogens is 221 g/mol. The van der Waals surface area contributed by atoms with Gasteiger partial charge in [-0.2, -0.15) is 13.2 Å². The summed E-state index contributed by atoms with van der Waals surface area (Å²) in [6, 6.07) is 3.28. The number of nitrogen functional groups attached to an aromatic ring is 1. The molecule has 0 atom stereocenters. The summed E-state index contributed by atoms with van der Waals surface area (Å²) in [5.41, 5.74) is 4.59. The Hall–Kier alpha value is -2.05. The molecule has 0 amide bonds. The van der Waals surface area contributed by atoms with Crippen LogP contribution in [0.4, 0.5) is 19.0 Å². The van der Waals surface area contributed by atoms with Gasteiger partial charge in [0.25, 0.3) is 0 Å². The molecule has 0 aromatic carbocycles. The van der Waals surface area contributed by atoms with Crippen molar-refractivity contribution in [1.29, 1.82) is 0 Å². The van der Waals surface area contributed by atoms with Crippen LogP contribution in [0.1, 0.15) is 5.56 Å². The van der Waals surface area contributed by atoms with Gasteiger partial charge in [-0.3, -0.25) is 0 Å². The minimum atomic E-state index is -4.39. The van der Waals surface area contributed by atoms with Crippen LogP contribution in [-0.4, -0.2) is 14.8 Å². The number of hydrogen-bond donors (Lipinski definition) is 1. The van der Waals surface area contributed by atoms with E-state index < -0.39 is 11.7 Å². The fourth-order valence-corrected chi connectivity index (χ4v) is 1.19. The van der Waals surface area contributed by atoms with Gasteiger partial charge < -0.3 is 5.73 Å². The maximum Gasteiger partial charge on any atom is 0.416 e. The molecule has 2 aromatic rings. The van der Waals surface area contributed by atoms with Gasteiger partial charge in [0.2, 0.25) is 0 Å². The fourth-order valence-electron chi connectivity index (χ4n) is 1.19.